The molecule has 1 aromatic rings. The summed E-state index contributed by atoms with van der Waals surface area (Å²) in [5.74, 6) is 0.327. The minimum Gasteiger partial charge on any atom is -0.508 e. The predicted octanol–water partition coefficient (Wildman–Crippen LogP) is -0.0253. The maximum atomic E-state index is 9.27. The van der Waals surface area contributed by atoms with E-state index in [9.17, 15) is 5.11 Å². The molecular weight excluding hydrogens is 155 g/mol. The van der Waals surface area contributed by atoms with Crippen LogP contribution in [0.1, 0.15) is 5.56 Å². The fourth-order valence-corrected chi connectivity index (χ4v) is 1.17. The van der Waals surface area contributed by atoms with E-state index in [4.69, 9.17) is 4.72 Å². The lowest BCUT2D eigenvalue weighted by Crippen LogP contribution is -2.26. The summed E-state index contributed by atoms with van der Waals surface area (Å²) in [6, 6.07) is 7.23. The Morgan fingerprint density at radius 2 is 2.18 bits per heavy atom. The van der Waals surface area contributed by atoms with Gasteiger partial charge in [-0.3, -0.25) is 0 Å². The van der Waals surface area contributed by atoms with Gasteiger partial charge < -0.3 is 14.1 Å². The predicted molar refractivity (Wildman–Crippen MR) is 44.9 cm³/mol. The van der Waals surface area contributed by atoms with Gasteiger partial charge in [0.15, 0.2) is 0 Å². The molecule has 3 nitrogen and oxygen atoms in total. The highest BCUT2D eigenvalue weighted by atomic mass is 27.1. The lowest BCUT2D eigenvalue weighted by Gasteiger charge is -2.02. The minimum atomic E-state index is -0.194. The van der Waals surface area contributed by atoms with Gasteiger partial charge in [-0.15, -0.1) is 0 Å². The number of hydrogen-bond acceptors (Lipinski definition) is 3. The number of rotatable bonds is 3. The molecule has 0 fully saturated rings. The van der Waals surface area contributed by atoms with Crippen LogP contribution in [0.3, 0.4) is 0 Å². The molecule has 0 aliphatic carbocycles. The van der Waals surface area contributed by atoms with Gasteiger partial charge in [-0.1, -0.05) is 18.2 Å². The maximum absolute atomic E-state index is 9.27. The Labute approximate surface area is 72.4 Å². The van der Waals surface area contributed by atoms with Crippen LogP contribution < -0.4 is 9.02 Å². The van der Waals surface area contributed by atoms with Crippen LogP contribution in [0.2, 0.25) is 0 Å². The van der Waals surface area contributed by atoms with E-state index < -0.39 is 0 Å². The number of nitrogens with two attached hydrogens (primary N) is 1. The van der Waals surface area contributed by atoms with Crippen molar-refractivity contribution in [3.8, 4) is 5.75 Å². The second-order valence-corrected chi connectivity index (χ2v) is 2.92. The molecule has 0 spiro atoms. The maximum Gasteiger partial charge on any atom is 0.446 e. The molecule has 4 heteroatoms. The van der Waals surface area contributed by atoms with Crippen molar-refractivity contribution in [2.75, 3.05) is 0 Å². The van der Waals surface area contributed by atoms with E-state index in [1.807, 2.05) is 12.1 Å². The Kier molecular flexibility index (Phi) is 3.40. The summed E-state index contributed by atoms with van der Waals surface area (Å²) >= 11 is -0.194. The molecule has 0 saturated heterocycles. The van der Waals surface area contributed by atoms with Crippen LogP contribution >= 0.6 is 0 Å². The van der Waals surface area contributed by atoms with Crippen molar-refractivity contribution in [2.24, 2.45) is 4.72 Å². The first-order valence-electron chi connectivity index (χ1n) is 3.38. The minimum absolute atomic E-state index is 0.194. The highest BCUT2D eigenvalue weighted by Crippen LogP contribution is 2.14. The van der Waals surface area contributed by atoms with Gasteiger partial charge in [0.25, 0.3) is 0 Å². The monoisotopic (exact) mass is 165 g/mol. The first-order valence-corrected chi connectivity index (χ1v) is 4.62. The molecule has 0 amide bonds. The van der Waals surface area contributed by atoms with E-state index in [0.717, 1.165) is 5.56 Å². The zero-order chi connectivity index (χ0) is 8.10. The second kappa shape index (κ2) is 4.37. The van der Waals surface area contributed by atoms with Gasteiger partial charge in [0, 0.05) is 12.1 Å². The molecule has 0 unspecified atom stereocenters. The normalized spacial score (nSPS) is 9.55. The van der Waals surface area contributed by atoms with Crippen LogP contribution in [-0.4, -0.2) is 20.8 Å². The Morgan fingerprint density at radius 1 is 1.45 bits per heavy atom. The molecule has 0 heterocycles. The molecule has 0 aliphatic rings. The molecule has 0 aromatic heterocycles. The molecule has 1 rings (SSSR count). The molecule has 1 radical (unpaired) electrons. The first kappa shape index (κ1) is 8.57. The molecule has 0 bridgehead atoms. The van der Waals surface area contributed by atoms with Crippen LogP contribution in [0, 0.1) is 0 Å². The Morgan fingerprint density at radius 3 is 2.82 bits per heavy atom. The standard InChI is InChI=1S/C7H8NO.Al.H2N/c8-5-6-3-1-2-4-7(6)9;;/h1-4,8-9H,5H2;;1H2/q-1;+2;-1. The lowest BCUT2D eigenvalue weighted by atomic mass is 10.2. The van der Waals surface area contributed by atoms with E-state index in [1.54, 1.807) is 12.1 Å². The lowest BCUT2D eigenvalue weighted by molar-refractivity contribution is 0.467. The number of aromatic hydroxyl groups is 1. The molecule has 0 atom stereocenters. The highest BCUT2D eigenvalue weighted by molar-refractivity contribution is 6.27. The van der Waals surface area contributed by atoms with Crippen molar-refractivity contribution in [1.82, 2.24) is 4.30 Å². The van der Waals surface area contributed by atoms with Gasteiger partial charge in [0.1, 0.15) is 5.75 Å². The van der Waals surface area contributed by atoms with Crippen LogP contribution in [0.15, 0.2) is 24.3 Å². The second-order valence-electron chi connectivity index (χ2n) is 2.18. The largest absolute Gasteiger partial charge is 0.508 e. The SMILES string of the molecule is [NH2][Al][NH]Cc1ccccc1O. The van der Waals surface area contributed by atoms with Gasteiger partial charge in [0.2, 0.25) is 0 Å². The van der Waals surface area contributed by atoms with Crippen molar-refractivity contribution < 1.29 is 5.11 Å². The number of benzene rings is 1. The van der Waals surface area contributed by atoms with Gasteiger partial charge in [-0.05, 0) is 6.07 Å². The molecule has 1 aromatic carbocycles. The summed E-state index contributed by atoms with van der Waals surface area (Å²) in [4.78, 5) is 0. The van der Waals surface area contributed by atoms with Crippen molar-refractivity contribution in [3.05, 3.63) is 29.8 Å². The number of para-hydroxylation sites is 1. The summed E-state index contributed by atoms with van der Waals surface area (Å²) < 4.78 is 8.32. The first-order chi connectivity index (χ1) is 5.34. The number of phenolic OH excluding ortho intramolecular Hbond substituents is 1. The quantitative estimate of drug-likeness (QED) is 0.551. The van der Waals surface area contributed by atoms with E-state index >= 15 is 0 Å². The smallest absolute Gasteiger partial charge is 0.446 e. The summed E-state index contributed by atoms with van der Waals surface area (Å²) in [7, 11) is 0. The Balaban J connectivity index is 2.62. The van der Waals surface area contributed by atoms with Crippen molar-refractivity contribution in [1.29, 1.82) is 0 Å². The number of phenols is 1. The van der Waals surface area contributed by atoms with E-state index in [1.165, 1.54) is 0 Å². The van der Waals surface area contributed by atoms with Gasteiger partial charge in [0.05, 0.1) is 0 Å². The Hall–Kier alpha value is -0.528. The third kappa shape index (κ3) is 2.53. The molecule has 0 aliphatic heterocycles. The van der Waals surface area contributed by atoms with Crippen molar-refractivity contribution >= 4 is 15.7 Å². The van der Waals surface area contributed by atoms with Crippen LogP contribution in [0.25, 0.3) is 0 Å². The summed E-state index contributed by atoms with van der Waals surface area (Å²) in [5, 5.41) is 9.27. The molecule has 0 saturated carbocycles. The van der Waals surface area contributed by atoms with E-state index in [-0.39, 0.29) is 15.7 Å². The van der Waals surface area contributed by atoms with Gasteiger partial charge in [-0.25, -0.2) is 0 Å². The van der Waals surface area contributed by atoms with Gasteiger partial charge in [-0.2, -0.15) is 0 Å². The zero-order valence-electron chi connectivity index (χ0n) is 6.12. The molecular formula is C7H10AlN2O. The van der Waals surface area contributed by atoms with E-state index in [0.29, 0.717) is 12.3 Å². The third-order valence-electron chi connectivity index (χ3n) is 1.40. The van der Waals surface area contributed by atoms with E-state index in [2.05, 4.69) is 4.30 Å². The highest BCUT2D eigenvalue weighted by Gasteiger charge is 1.96. The Bertz CT molecular complexity index is 229. The summed E-state index contributed by atoms with van der Waals surface area (Å²) in [6.07, 6.45) is 0. The fraction of sp³-hybridized carbons (Fsp3) is 0.143. The van der Waals surface area contributed by atoms with Gasteiger partial charge >= 0.3 is 15.7 Å². The average molecular weight is 165 g/mol. The molecule has 11 heavy (non-hydrogen) atoms. The summed E-state index contributed by atoms with van der Waals surface area (Å²) in [5.41, 5.74) is 0.894. The average Bonchev–Trinajstić information content (AvgIpc) is 2.03. The molecule has 57 valence electrons. The fourth-order valence-electron chi connectivity index (χ4n) is 0.829. The van der Waals surface area contributed by atoms with Crippen LogP contribution in [-0.2, 0) is 6.54 Å². The summed E-state index contributed by atoms with van der Waals surface area (Å²) in [6.45, 7) is 0.651. The number of nitrogens with one attached hydrogen (secondary N) is 1. The van der Waals surface area contributed by atoms with Crippen LogP contribution in [0.5, 0.6) is 5.75 Å². The van der Waals surface area contributed by atoms with Crippen molar-refractivity contribution in [3.63, 3.8) is 0 Å². The zero-order valence-corrected chi connectivity index (χ0v) is 7.27. The number of hydrogen-bond donors (Lipinski definition) is 3. The van der Waals surface area contributed by atoms with Crippen molar-refractivity contribution in [2.45, 2.75) is 6.54 Å². The topological polar surface area (TPSA) is 58.3 Å². The molecule has 4 N–H and O–H groups in total. The third-order valence-corrected chi connectivity index (χ3v) is 1.84. The van der Waals surface area contributed by atoms with Crippen LogP contribution in [0.4, 0.5) is 0 Å².